The Hall–Kier alpha value is -0.120. The Kier molecular flexibility index (Phi) is 4.62. The second kappa shape index (κ2) is 5.99. The second-order valence-electron chi connectivity index (χ2n) is 4.23. The van der Waals surface area contributed by atoms with Gasteiger partial charge in [0.25, 0.3) is 0 Å². The Balaban J connectivity index is 1.93. The summed E-state index contributed by atoms with van der Waals surface area (Å²) in [6.07, 6.45) is 4.47. The van der Waals surface area contributed by atoms with Gasteiger partial charge in [0, 0.05) is 30.1 Å². The number of benzene rings is 1. The van der Waals surface area contributed by atoms with E-state index in [4.69, 9.17) is 0 Å². The number of rotatable bonds is 4. The SMILES string of the molecule is CS[C@H]1CN(Cc2ccccc2)C[C@@H]1SC. The summed E-state index contributed by atoms with van der Waals surface area (Å²) >= 11 is 4.03. The average molecular weight is 253 g/mol. The molecule has 0 bridgehead atoms. The fourth-order valence-corrected chi connectivity index (χ4v) is 4.41. The molecule has 1 fully saturated rings. The summed E-state index contributed by atoms with van der Waals surface area (Å²) in [5.41, 5.74) is 1.43. The minimum atomic E-state index is 0.804. The van der Waals surface area contributed by atoms with Gasteiger partial charge in [-0.25, -0.2) is 0 Å². The highest BCUT2D eigenvalue weighted by Crippen LogP contribution is 2.29. The first-order chi connectivity index (χ1) is 7.83. The molecule has 88 valence electrons. The molecule has 2 atom stereocenters. The highest BCUT2D eigenvalue weighted by molar-refractivity contribution is 8.03. The Morgan fingerprint density at radius 3 is 2.12 bits per heavy atom. The molecule has 1 saturated heterocycles. The lowest BCUT2D eigenvalue weighted by atomic mass is 10.2. The molecule has 1 aromatic rings. The highest BCUT2D eigenvalue weighted by atomic mass is 32.2. The maximum Gasteiger partial charge on any atom is 0.0303 e. The molecule has 1 aliphatic rings. The van der Waals surface area contributed by atoms with E-state index in [1.165, 1.54) is 18.7 Å². The van der Waals surface area contributed by atoms with E-state index >= 15 is 0 Å². The van der Waals surface area contributed by atoms with Crippen LogP contribution < -0.4 is 0 Å². The van der Waals surface area contributed by atoms with Gasteiger partial charge in [0.15, 0.2) is 0 Å². The van der Waals surface area contributed by atoms with E-state index in [0.717, 1.165) is 17.0 Å². The third-order valence-corrected chi connectivity index (χ3v) is 5.48. The zero-order valence-electron chi connectivity index (χ0n) is 9.93. The minimum Gasteiger partial charge on any atom is -0.297 e. The topological polar surface area (TPSA) is 3.24 Å². The van der Waals surface area contributed by atoms with Crippen LogP contribution in [0.3, 0.4) is 0 Å². The van der Waals surface area contributed by atoms with Crippen LogP contribution in [0, 0.1) is 0 Å². The van der Waals surface area contributed by atoms with Gasteiger partial charge in [0.05, 0.1) is 0 Å². The van der Waals surface area contributed by atoms with E-state index in [9.17, 15) is 0 Å². The summed E-state index contributed by atoms with van der Waals surface area (Å²) in [5.74, 6) is 0. The van der Waals surface area contributed by atoms with Crippen LogP contribution in [0.1, 0.15) is 5.56 Å². The van der Waals surface area contributed by atoms with Gasteiger partial charge in [-0.1, -0.05) is 30.3 Å². The van der Waals surface area contributed by atoms with E-state index < -0.39 is 0 Å². The molecular weight excluding hydrogens is 234 g/mol. The van der Waals surface area contributed by atoms with E-state index in [1.807, 2.05) is 23.5 Å². The summed E-state index contributed by atoms with van der Waals surface area (Å²) in [5, 5.41) is 1.61. The monoisotopic (exact) mass is 253 g/mol. The molecule has 2 rings (SSSR count). The van der Waals surface area contributed by atoms with Gasteiger partial charge in [-0.3, -0.25) is 4.90 Å². The first kappa shape index (κ1) is 12.3. The molecule has 0 amide bonds. The lowest BCUT2D eigenvalue weighted by Gasteiger charge is -2.15. The Morgan fingerprint density at radius 1 is 1.06 bits per heavy atom. The van der Waals surface area contributed by atoms with Crippen LogP contribution in [-0.2, 0) is 6.54 Å². The molecule has 1 heterocycles. The summed E-state index contributed by atoms with van der Waals surface area (Å²) in [7, 11) is 0. The predicted octanol–water partition coefficient (Wildman–Crippen LogP) is 2.97. The van der Waals surface area contributed by atoms with Crippen molar-refractivity contribution in [1.29, 1.82) is 0 Å². The minimum absolute atomic E-state index is 0.804. The Bertz CT molecular complexity index is 303. The first-order valence-corrected chi connectivity index (χ1v) is 8.23. The molecule has 0 spiro atoms. The van der Waals surface area contributed by atoms with Gasteiger partial charge < -0.3 is 0 Å². The van der Waals surface area contributed by atoms with E-state index in [1.54, 1.807) is 0 Å². The van der Waals surface area contributed by atoms with Gasteiger partial charge >= 0.3 is 0 Å². The van der Waals surface area contributed by atoms with Crippen LogP contribution in [-0.4, -0.2) is 41.0 Å². The molecule has 1 nitrogen and oxygen atoms in total. The number of nitrogens with zero attached hydrogens (tertiary/aromatic N) is 1. The summed E-state index contributed by atoms with van der Waals surface area (Å²) in [6.45, 7) is 3.58. The maximum absolute atomic E-state index is 2.58. The van der Waals surface area contributed by atoms with Crippen molar-refractivity contribution in [1.82, 2.24) is 4.90 Å². The van der Waals surface area contributed by atoms with Crippen LogP contribution in [0.4, 0.5) is 0 Å². The highest BCUT2D eigenvalue weighted by Gasteiger charge is 2.31. The fourth-order valence-electron chi connectivity index (χ4n) is 2.24. The lowest BCUT2D eigenvalue weighted by Crippen LogP contribution is -2.20. The fraction of sp³-hybridized carbons (Fsp3) is 0.538. The molecule has 1 aliphatic heterocycles. The molecule has 0 unspecified atom stereocenters. The standard InChI is InChI=1S/C13H19NS2/c1-15-12-9-14(10-13(12)16-2)8-11-6-4-3-5-7-11/h3-7,12-13H,8-10H2,1-2H3/t12-,13-/m0/s1. The normalized spacial score (nSPS) is 26.1. The third kappa shape index (κ3) is 2.96. The largest absolute Gasteiger partial charge is 0.297 e. The summed E-state index contributed by atoms with van der Waals surface area (Å²) in [4.78, 5) is 2.58. The number of hydrogen-bond acceptors (Lipinski definition) is 3. The molecule has 1 aromatic carbocycles. The summed E-state index contributed by atoms with van der Waals surface area (Å²) < 4.78 is 0. The van der Waals surface area contributed by atoms with Crippen molar-refractivity contribution in [2.45, 2.75) is 17.0 Å². The van der Waals surface area contributed by atoms with E-state index in [-0.39, 0.29) is 0 Å². The molecule has 0 N–H and O–H groups in total. The third-order valence-electron chi connectivity index (χ3n) is 3.15. The molecule has 0 saturated carbocycles. The number of likely N-dealkylation sites (tertiary alicyclic amines) is 1. The van der Waals surface area contributed by atoms with Crippen LogP contribution in [0.15, 0.2) is 30.3 Å². The maximum atomic E-state index is 2.58. The van der Waals surface area contributed by atoms with Crippen molar-refractivity contribution in [3.8, 4) is 0 Å². The first-order valence-electron chi connectivity index (χ1n) is 5.65. The predicted molar refractivity (Wildman–Crippen MR) is 76.3 cm³/mol. The van der Waals surface area contributed by atoms with Gasteiger partial charge in [-0.15, -0.1) is 0 Å². The zero-order valence-corrected chi connectivity index (χ0v) is 11.6. The van der Waals surface area contributed by atoms with Crippen molar-refractivity contribution in [2.24, 2.45) is 0 Å². The van der Waals surface area contributed by atoms with E-state index in [2.05, 4.69) is 47.7 Å². The molecule has 0 radical (unpaired) electrons. The molecule has 0 aliphatic carbocycles. The van der Waals surface area contributed by atoms with Crippen molar-refractivity contribution >= 4 is 23.5 Å². The summed E-state index contributed by atoms with van der Waals surface area (Å²) in [6, 6.07) is 10.8. The van der Waals surface area contributed by atoms with Crippen LogP contribution in [0.5, 0.6) is 0 Å². The van der Waals surface area contributed by atoms with Crippen LogP contribution in [0.25, 0.3) is 0 Å². The van der Waals surface area contributed by atoms with Gasteiger partial charge in [0.1, 0.15) is 0 Å². The number of hydrogen-bond donors (Lipinski definition) is 0. The molecular formula is C13H19NS2. The Labute approximate surface area is 107 Å². The molecule has 3 heteroatoms. The van der Waals surface area contributed by atoms with Gasteiger partial charge in [-0.05, 0) is 18.1 Å². The van der Waals surface area contributed by atoms with Crippen molar-refractivity contribution in [3.63, 3.8) is 0 Å². The van der Waals surface area contributed by atoms with Crippen molar-refractivity contribution < 1.29 is 0 Å². The van der Waals surface area contributed by atoms with Gasteiger partial charge in [0.2, 0.25) is 0 Å². The quantitative estimate of drug-likeness (QED) is 0.812. The van der Waals surface area contributed by atoms with Crippen molar-refractivity contribution in [3.05, 3.63) is 35.9 Å². The Morgan fingerprint density at radius 2 is 1.62 bits per heavy atom. The smallest absolute Gasteiger partial charge is 0.0303 e. The average Bonchev–Trinajstić information content (AvgIpc) is 2.72. The lowest BCUT2D eigenvalue weighted by molar-refractivity contribution is 0.333. The molecule has 16 heavy (non-hydrogen) atoms. The zero-order chi connectivity index (χ0) is 11.4. The number of thioether (sulfide) groups is 2. The van der Waals surface area contributed by atoms with Gasteiger partial charge in [-0.2, -0.15) is 23.5 Å². The van der Waals surface area contributed by atoms with Crippen molar-refractivity contribution in [2.75, 3.05) is 25.6 Å². The van der Waals surface area contributed by atoms with Crippen LogP contribution >= 0.6 is 23.5 Å². The van der Waals surface area contributed by atoms with Crippen LogP contribution in [0.2, 0.25) is 0 Å². The second-order valence-corrected chi connectivity index (χ2v) is 6.38. The molecule has 0 aromatic heterocycles. The van der Waals surface area contributed by atoms with E-state index in [0.29, 0.717) is 0 Å².